The van der Waals surface area contributed by atoms with E-state index in [1.807, 2.05) is 0 Å². The quantitative estimate of drug-likeness (QED) is 0.795. The summed E-state index contributed by atoms with van der Waals surface area (Å²) in [5, 5.41) is 9.72. The third-order valence-electron chi connectivity index (χ3n) is 3.40. The first kappa shape index (κ1) is 11.2. The van der Waals surface area contributed by atoms with Crippen molar-refractivity contribution in [3.05, 3.63) is 23.2 Å². The van der Waals surface area contributed by atoms with Gasteiger partial charge in [0.15, 0.2) is 0 Å². The van der Waals surface area contributed by atoms with Gasteiger partial charge < -0.3 is 14.3 Å². The Morgan fingerprint density at radius 1 is 1.62 bits per heavy atom. The van der Waals surface area contributed by atoms with Gasteiger partial charge in [-0.1, -0.05) is 0 Å². The van der Waals surface area contributed by atoms with Crippen LogP contribution < -0.4 is 0 Å². The smallest absolute Gasteiger partial charge is 0.341 e. The van der Waals surface area contributed by atoms with Crippen LogP contribution in [0.3, 0.4) is 0 Å². The van der Waals surface area contributed by atoms with Crippen LogP contribution in [0.5, 0.6) is 0 Å². The average molecular weight is 224 g/mol. The van der Waals surface area contributed by atoms with Crippen molar-refractivity contribution in [2.75, 3.05) is 7.11 Å². The number of methoxy groups -OCH3 is 1. The molecule has 4 nitrogen and oxygen atoms in total. The highest BCUT2D eigenvalue weighted by atomic mass is 16.5. The molecule has 1 aliphatic carbocycles. The lowest BCUT2D eigenvalue weighted by Gasteiger charge is -2.14. The van der Waals surface area contributed by atoms with Gasteiger partial charge in [0.1, 0.15) is 17.1 Å². The molecule has 16 heavy (non-hydrogen) atoms. The van der Waals surface area contributed by atoms with Gasteiger partial charge in [0.05, 0.1) is 18.6 Å². The summed E-state index contributed by atoms with van der Waals surface area (Å²) in [5.74, 6) is 0.850. The number of esters is 1. The summed E-state index contributed by atoms with van der Waals surface area (Å²) in [6, 6.07) is 1.70. The molecule has 0 saturated heterocycles. The molecule has 1 saturated carbocycles. The van der Waals surface area contributed by atoms with Gasteiger partial charge in [0, 0.05) is 0 Å². The van der Waals surface area contributed by atoms with Gasteiger partial charge >= 0.3 is 5.97 Å². The van der Waals surface area contributed by atoms with Gasteiger partial charge in [0.2, 0.25) is 0 Å². The Kier molecular flexibility index (Phi) is 2.54. The molecule has 0 amide bonds. The van der Waals surface area contributed by atoms with Crippen molar-refractivity contribution < 1.29 is 19.1 Å². The molecule has 2 rings (SSSR count). The minimum Gasteiger partial charge on any atom is -0.465 e. The van der Waals surface area contributed by atoms with Gasteiger partial charge in [0.25, 0.3) is 0 Å². The monoisotopic (exact) mass is 224 g/mol. The molecule has 1 unspecified atom stereocenters. The molecule has 1 atom stereocenters. The molecule has 1 aromatic rings. The lowest BCUT2D eigenvalue weighted by molar-refractivity contribution is 0.0599. The lowest BCUT2D eigenvalue weighted by atomic mass is 9.97. The highest BCUT2D eigenvalue weighted by Crippen LogP contribution is 2.51. The standard InChI is InChI=1S/C12H16O4/c1-7-9(11(14)15-3)6-10(16-7)12(4-5-12)8(2)13/h6,8,13H,4-5H2,1-3H3. The summed E-state index contributed by atoms with van der Waals surface area (Å²) in [4.78, 5) is 11.4. The van der Waals surface area contributed by atoms with Crippen molar-refractivity contribution in [3.63, 3.8) is 0 Å². The van der Waals surface area contributed by atoms with E-state index in [9.17, 15) is 9.90 Å². The Bertz CT molecular complexity index is 413. The second-order valence-electron chi connectivity index (χ2n) is 4.40. The Morgan fingerprint density at radius 3 is 2.69 bits per heavy atom. The van der Waals surface area contributed by atoms with Gasteiger partial charge in [-0.2, -0.15) is 0 Å². The molecular weight excluding hydrogens is 208 g/mol. The van der Waals surface area contributed by atoms with E-state index in [-0.39, 0.29) is 5.41 Å². The van der Waals surface area contributed by atoms with Gasteiger partial charge in [-0.15, -0.1) is 0 Å². The van der Waals surface area contributed by atoms with Crippen LogP contribution in [-0.4, -0.2) is 24.3 Å². The first-order chi connectivity index (χ1) is 7.51. The fourth-order valence-electron chi connectivity index (χ4n) is 2.04. The van der Waals surface area contributed by atoms with Crippen LogP contribution in [0, 0.1) is 6.92 Å². The molecule has 1 heterocycles. The Balaban J connectivity index is 2.35. The molecule has 1 fully saturated rings. The molecule has 88 valence electrons. The number of hydrogen-bond acceptors (Lipinski definition) is 4. The number of furan rings is 1. The third-order valence-corrected chi connectivity index (χ3v) is 3.40. The number of hydrogen-bond donors (Lipinski definition) is 1. The van der Waals surface area contributed by atoms with Crippen molar-refractivity contribution >= 4 is 5.97 Å². The maximum atomic E-state index is 11.4. The Hall–Kier alpha value is -1.29. The first-order valence-corrected chi connectivity index (χ1v) is 5.38. The summed E-state index contributed by atoms with van der Waals surface area (Å²) in [6.45, 7) is 3.48. The predicted octanol–water partition coefficient (Wildman–Crippen LogP) is 1.79. The minimum atomic E-state index is -0.455. The summed E-state index contributed by atoms with van der Waals surface area (Å²) in [5.41, 5.74) is 0.168. The average Bonchev–Trinajstić information content (AvgIpc) is 2.97. The maximum absolute atomic E-state index is 11.4. The van der Waals surface area contributed by atoms with Crippen LogP contribution in [0.1, 0.15) is 41.6 Å². The predicted molar refractivity (Wildman–Crippen MR) is 57.4 cm³/mol. The van der Waals surface area contributed by atoms with E-state index in [4.69, 9.17) is 4.42 Å². The van der Waals surface area contributed by atoms with Gasteiger partial charge in [-0.05, 0) is 32.8 Å². The largest absolute Gasteiger partial charge is 0.465 e. The van der Waals surface area contributed by atoms with E-state index in [0.717, 1.165) is 12.8 Å². The second kappa shape index (κ2) is 3.63. The molecule has 0 radical (unpaired) electrons. The number of aryl methyl sites for hydroxylation is 1. The van der Waals surface area contributed by atoms with Crippen molar-refractivity contribution in [2.45, 2.75) is 38.2 Å². The maximum Gasteiger partial charge on any atom is 0.341 e. The molecule has 1 aliphatic rings. The highest BCUT2D eigenvalue weighted by molar-refractivity contribution is 5.90. The molecule has 0 bridgehead atoms. The summed E-state index contributed by atoms with van der Waals surface area (Å²) in [7, 11) is 1.34. The van der Waals surface area contributed by atoms with Crippen molar-refractivity contribution in [1.29, 1.82) is 0 Å². The number of aliphatic hydroxyl groups is 1. The van der Waals surface area contributed by atoms with E-state index >= 15 is 0 Å². The minimum absolute atomic E-state index is 0.281. The van der Waals surface area contributed by atoms with Crippen molar-refractivity contribution in [2.24, 2.45) is 0 Å². The highest BCUT2D eigenvalue weighted by Gasteiger charge is 2.51. The summed E-state index contributed by atoms with van der Waals surface area (Å²) in [6.07, 6.45) is 1.35. The van der Waals surface area contributed by atoms with Gasteiger partial charge in [-0.3, -0.25) is 0 Å². The fraction of sp³-hybridized carbons (Fsp3) is 0.583. The lowest BCUT2D eigenvalue weighted by Crippen LogP contribution is -2.21. The molecule has 4 heteroatoms. The number of aliphatic hydroxyl groups excluding tert-OH is 1. The summed E-state index contributed by atoms with van der Waals surface area (Å²) < 4.78 is 10.2. The number of rotatable bonds is 3. The van der Waals surface area contributed by atoms with Crippen molar-refractivity contribution in [3.8, 4) is 0 Å². The van der Waals surface area contributed by atoms with E-state index < -0.39 is 12.1 Å². The zero-order valence-corrected chi connectivity index (χ0v) is 9.74. The Labute approximate surface area is 94.2 Å². The van der Waals surface area contributed by atoms with E-state index in [2.05, 4.69) is 4.74 Å². The topological polar surface area (TPSA) is 59.7 Å². The van der Waals surface area contributed by atoms with E-state index in [0.29, 0.717) is 17.1 Å². The number of carbonyl (C=O) groups excluding carboxylic acids is 1. The van der Waals surface area contributed by atoms with Crippen LogP contribution in [0.4, 0.5) is 0 Å². The van der Waals surface area contributed by atoms with Gasteiger partial charge in [-0.25, -0.2) is 4.79 Å². The normalized spacial score (nSPS) is 19.2. The molecular formula is C12H16O4. The molecule has 0 aliphatic heterocycles. The third kappa shape index (κ3) is 1.53. The fourth-order valence-corrected chi connectivity index (χ4v) is 2.04. The van der Waals surface area contributed by atoms with Crippen LogP contribution in [-0.2, 0) is 10.2 Å². The summed E-state index contributed by atoms with van der Waals surface area (Å²) >= 11 is 0. The molecule has 0 spiro atoms. The van der Waals surface area contributed by atoms with Crippen LogP contribution >= 0.6 is 0 Å². The molecule has 1 N–H and O–H groups in total. The first-order valence-electron chi connectivity index (χ1n) is 5.38. The molecule has 1 aromatic heterocycles. The van der Waals surface area contributed by atoms with Crippen LogP contribution in [0.2, 0.25) is 0 Å². The zero-order valence-electron chi connectivity index (χ0n) is 9.74. The van der Waals surface area contributed by atoms with Crippen LogP contribution in [0.15, 0.2) is 10.5 Å². The number of ether oxygens (including phenoxy) is 1. The van der Waals surface area contributed by atoms with Crippen molar-refractivity contribution in [1.82, 2.24) is 0 Å². The molecule has 0 aromatic carbocycles. The number of carbonyl (C=O) groups is 1. The van der Waals surface area contributed by atoms with Crippen LogP contribution in [0.25, 0.3) is 0 Å². The second-order valence-corrected chi connectivity index (χ2v) is 4.40. The Morgan fingerprint density at radius 2 is 2.25 bits per heavy atom. The van der Waals surface area contributed by atoms with E-state index in [1.54, 1.807) is 19.9 Å². The van der Waals surface area contributed by atoms with E-state index in [1.165, 1.54) is 7.11 Å². The SMILES string of the molecule is COC(=O)c1cc(C2(C(C)O)CC2)oc1C. The zero-order chi connectivity index (χ0) is 11.9.